The fourth-order valence-corrected chi connectivity index (χ4v) is 5.05. The summed E-state index contributed by atoms with van der Waals surface area (Å²) in [4.78, 5) is 0. The molecule has 0 amide bonds. The van der Waals surface area contributed by atoms with Gasteiger partial charge in [0.2, 0.25) is 0 Å². The number of hydrogen-bond acceptors (Lipinski definition) is 2. The van der Waals surface area contributed by atoms with Crippen LogP contribution in [0.15, 0.2) is 30.3 Å². The van der Waals surface area contributed by atoms with Crippen molar-refractivity contribution < 1.29 is 4.21 Å². The molecule has 1 aromatic rings. The molecule has 116 valence electrons. The van der Waals surface area contributed by atoms with Crippen LogP contribution in [0.3, 0.4) is 0 Å². The normalized spacial score (nSPS) is 33.6. The molecule has 1 aromatic carbocycles. The van der Waals surface area contributed by atoms with E-state index in [9.17, 15) is 4.21 Å². The highest BCUT2D eigenvalue weighted by Gasteiger charge is 2.38. The molecule has 21 heavy (non-hydrogen) atoms. The second-order valence-electron chi connectivity index (χ2n) is 6.58. The van der Waals surface area contributed by atoms with Gasteiger partial charge in [-0.1, -0.05) is 43.7 Å². The molecule has 2 fully saturated rings. The predicted octanol–water partition coefficient (Wildman–Crippen LogP) is 3.46. The van der Waals surface area contributed by atoms with Crippen molar-refractivity contribution in [3.8, 4) is 0 Å². The highest BCUT2D eigenvalue weighted by Crippen LogP contribution is 2.46. The van der Waals surface area contributed by atoms with Crippen molar-refractivity contribution in [1.82, 2.24) is 5.32 Å². The molecule has 2 saturated carbocycles. The molecule has 0 heterocycles. The number of nitrogens with one attached hydrogen (secondary N) is 1. The van der Waals surface area contributed by atoms with Crippen molar-refractivity contribution in [1.29, 1.82) is 0 Å². The Morgan fingerprint density at radius 2 is 2.00 bits per heavy atom. The maximum absolute atomic E-state index is 12.0. The zero-order valence-corrected chi connectivity index (χ0v) is 13.8. The molecule has 0 aromatic heterocycles. The standard InChI is InChI=1S/C18H27NOS/c1-2-21(20)17-10-6-9-16(12-17)19-13-15-11-18(15)14-7-4-3-5-8-14/h3-5,7-8,15-19H,2,6,9-13H2,1H3/t15-,16-,17+,18-,21-/m0/s1. The van der Waals surface area contributed by atoms with Gasteiger partial charge >= 0.3 is 0 Å². The molecule has 0 spiro atoms. The summed E-state index contributed by atoms with van der Waals surface area (Å²) in [6.07, 6.45) is 6.10. The topological polar surface area (TPSA) is 29.1 Å². The third kappa shape index (κ3) is 3.95. The summed E-state index contributed by atoms with van der Waals surface area (Å²) in [7, 11) is -0.609. The van der Waals surface area contributed by atoms with Gasteiger partial charge in [0.1, 0.15) is 0 Å². The van der Waals surface area contributed by atoms with Gasteiger partial charge in [-0.05, 0) is 49.6 Å². The van der Waals surface area contributed by atoms with Gasteiger partial charge in [0.15, 0.2) is 0 Å². The van der Waals surface area contributed by atoms with Crippen LogP contribution in [-0.4, -0.2) is 27.8 Å². The van der Waals surface area contributed by atoms with E-state index in [1.54, 1.807) is 0 Å². The van der Waals surface area contributed by atoms with E-state index in [4.69, 9.17) is 0 Å². The van der Waals surface area contributed by atoms with E-state index in [-0.39, 0.29) is 0 Å². The first-order valence-electron chi connectivity index (χ1n) is 8.43. The zero-order chi connectivity index (χ0) is 14.7. The van der Waals surface area contributed by atoms with E-state index in [1.807, 2.05) is 6.92 Å². The van der Waals surface area contributed by atoms with Crippen LogP contribution >= 0.6 is 0 Å². The third-order valence-electron chi connectivity index (χ3n) is 5.10. The van der Waals surface area contributed by atoms with Crippen molar-refractivity contribution in [3.05, 3.63) is 35.9 Å². The summed E-state index contributed by atoms with van der Waals surface area (Å²) in [5, 5.41) is 4.19. The molecule has 2 nitrogen and oxygen atoms in total. The van der Waals surface area contributed by atoms with Crippen molar-refractivity contribution in [2.45, 2.75) is 56.2 Å². The Bertz CT molecular complexity index is 475. The van der Waals surface area contributed by atoms with Gasteiger partial charge in [0.25, 0.3) is 0 Å². The third-order valence-corrected chi connectivity index (χ3v) is 6.84. The summed E-state index contributed by atoms with van der Waals surface area (Å²) in [5.41, 5.74) is 1.50. The van der Waals surface area contributed by atoms with Crippen LogP contribution < -0.4 is 5.32 Å². The Labute approximate surface area is 131 Å². The molecule has 0 unspecified atom stereocenters. The van der Waals surface area contributed by atoms with Gasteiger partial charge in [-0.3, -0.25) is 4.21 Å². The van der Waals surface area contributed by atoms with Gasteiger partial charge in [0.05, 0.1) is 0 Å². The van der Waals surface area contributed by atoms with Crippen molar-refractivity contribution in [3.63, 3.8) is 0 Å². The van der Waals surface area contributed by atoms with Gasteiger partial charge in [0, 0.05) is 27.8 Å². The van der Waals surface area contributed by atoms with Crippen LogP contribution in [0.2, 0.25) is 0 Å². The summed E-state index contributed by atoms with van der Waals surface area (Å²) in [6, 6.07) is 11.5. The highest BCUT2D eigenvalue weighted by molar-refractivity contribution is 7.85. The lowest BCUT2D eigenvalue weighted by molar-refractivity contribution is 0.371. The van der Waals surface area contributed by atoms with Crippen LogP contribution in [0.5, 0.6) is 0 Å². The number of benzene rings is 1. The molecular weight excluding hydrogens is 278 g/mol. The molecule has 5 atom stereocenters. The molecule has 0 saturated heterocycles. The Morgan fingerprint density at radius 3 is 2.76 bits per heavy atom. The first-order valence-corrected chi connectivity index (χ1v) is 9.81. The number of hydrogen-bond donors (Lipinski definition) is 1. The molecule has 2 aliphatic carbocycles. The van der Waals surface area contributed by atoms with E-state index in [0.29, 0.717) is 11.3 Å². The summed E-state index contributed by atoms with van der Waals surface area (Å²) in [6.45, 7) is 3.18. The molecular formula is C18H27NOS. The second-order valence-corrected chi connectivity index (χ2v) is 8.58. The van der Waals surface area contributed by atoms with Crippen molar-refractivity contribution in [2.75, 3.05) is 12.3 Å². The average molecular weight is 305 g/mol. The first kappa shape index (κ1) is 15.2. The molecule has 2 aliphatic rings. The Balaban J connectivity index is 1.43. The lowest BCUT2D eigenvalue weighted by Gasteiger charge is -2.29. The van der Waals surface area contributed by atoms with E-state index in [2.05, 4.69) is 35.6 Å². The maximum atomic E-state index is 12.0. The second kappa shape index (κ2) is 7.06. The largest absolute Gasteiger partial charge is 0.314 e. The SMILES string of the molecule is CC[S@](=O)[C@@H]1CCC[C@H](NC[C@@H]2C[C@H]2c2ccccc2)C1. The van der Waals surface area contributed by atoms with Gasteiger partial charge in [-0.25, -0.2) is 0 Å². The lowest BCUT2D eigenvalue weighted by Crippen LogP contribution is -2.38. The Morgan fingerprint density at radius 1 is 1.19 bits per heavy atom. The summed E-state index contributed by atoms with van der Waals surface area (Å²) in [5.74, 6) is 2.39. The van der Waals surface area contributed by atoms with Crippen LogP contribution in [-0.2, 0) is 10.8 Å². The van der Waals surface area contributed by atoms with Crippen molar-refractivity contribution >= 4 is 10.8 Å². The average Bonchev–Trinajstić information content (AvgIpc) is 3.33. The Hall–Kier alpha value is -0.670. The minimum atomic E-state index is -0.609. The highest BCUT2D eigenvalue weighted by atomic mass is 32.2. The fourth-order valence-electron chi connectivity index (χ4n) is 3.70. The summed E-state index contributed by atoms with van der Waals surface area (Å²) < 4.78 is 12.0. The Kier molecular flexibility index (Phi) is 5.12. The molecule has 0 bridgehead atoms. The smallest absolute Gasteiger partial charge is 0.0362 e. The zero-order valence-electron chi connectivity index (χ0n) is 13.0. The minimum absolute atomic E-state index is 0.436. The van der Waals surface area contributed by atoms with E-state index < -0.39 is 10.8 Å². The molecule has 1 N–H and O–H groups in total. The van der Waals surface area contributed by atoms with Crippen LogP contribution in [0, 0.1) is 5.92 Å². The van der Waals surface area contributed by atoms with Gasteiger partial charge in [-0.15, -0.1) is 0 Å². The minimum Gasteiger partial charge on any atom is -0.314 e. The lowest BCUT2D eigenvalue weighted by atomic mass is 9.95. The number of rotatable bonds is 6. The van der Waals surface area contributed by atoms with Gasteiger partial charge in [-0.2, -0.15) is 0 Å². The molecule has 3 rings (SSSR count). The van der Waals surface area contributed by atoms with Crippen LogP contribution in [0.4, 0.5) is 0 Å². The van der Waals surface area contributed by atoms with E-state index >= 15 is 0 Å². The van der Waals surface area contributed by atoms with E-state index in [1.165, 1.54) is 24.8 Å². The first-order chi connectivity index (χ1) is 10.3. The molecule has 0 radical (unpaired) electrons. The van der Waals surface area contributed by atoms with Crippen LogP contribution in [0.25, 0.3) is 0 Å². The van der Waals surface area contributed by atoms with E-state index in [0.717, 1.165) is 37.0 Å². The van der Waals surface area contributed by atoms with Gasteiger partial charge < -0.3 is 5.32 Å². The molecule has 0 aliphatic heterocycles. The van der Waals surface area contributed by atoms with Crippen LogP contribution in [0.1, 0.15) is 50.5 Å². The quantitative estimate of drug-likeness (QED) is 0.872. The fraction of sp³-hybridized carbons (Fsp3) is 0.667. The predicted molar refractivity (Wildman–Crippen MR) is 90.0 cm³/mol. The monoisotopic (exact) mass is 305 g/mol. The maximum Gasteiger partial charge on any atom is 0.0362 e. The molecule has 3 heteroatoms. The summed E-state index contributed by atoms with van der Waals surface area (Å²) >= 11 is 0. The van der Waals surface area contributed by atoms with Crippen molar-refractivity contribution in [2.24, 2.45) is 5.92 Å².